The van der Waals surface area contributed by atoms with E-state index in [4.69, 9.17) is 13.9 Å². The maximum Gasteiger partial charge on any atom is 0.322 e. The van der Waals surface area contributed by atoms with Crippen molar-refractivity contribution in [2.24, 2.45) is 0 Å². The quantitative estimate of drug-likeness (QED) is 0.596. The number of hydrogen-bond donors (Lipinski definition) is 1. The minimum absolute atomic E-state index is 0.0982. The second kappa shape index (κ2) is 8.52. The minimum Gasteiger partial charge on any atom is -0.486 e. The molecule has 1 saturated heterocycles. The third-order valence-corrected chi connectivity index (χ3v) is 8.54. The van der Waals surface area contributed by atoms with E-state index >= 15 is 0 Å². The van der Waals surface area contributed by atoms with Crippen LogP contribution in [0.25, 0.3) is 11.5 Å². The van der Waals surface area contributed by atoms with E-state index in [0.29, 0.717) is 43.1 Å². The fourth-order valence-corrected chi connectivity index (χ4v) is 6.51. The Hall–Kier alpha value is -2.96. The van der Waals surface area contributed by atoms with Crippen molar-refractivity contribution in [1.29, 1.82) is 0 Å². The molecule has 2 aliphatic heterocycles. The number of fused-ring (bicyclic) bond motifs is 1. The SMILES string of the molecule is O=C(Nc1nnc(-c2ccc3c(c2)OCCO3)o1)C1CCCCN1S(=O)(=O)c1cccs1. The Kier molecular flexibility index (Phi) is 5.57. The molecule has 1 unspecified atom stereocenters. The zero-order valence-electron chi connectivity index (χ0n) is 16.9. The number of hydrogen-bond acceptors (Lipinski definition) is 9. The molecule has 0 radical (unpaired) electrons. The van der Waals surface area contributed by atoms with Gasteiger partial charge in [0.2, 0.25) is 11.8 Å². The van der Waals surface area contributed by atoms with E-state index in [9.17, 15) is 13.2 Å². The minimum atomic E-state index is -3.75. The van der Waals surface area contributed by atoms with Crippen LogP contribution < -0.4 is 14.8 Å². The van der Waals surface area contributed by atoms with Gasteiger partial charge in [0.1, 0.15) is 23.5 Å². The number of carbonyl (C=O) groups excluding carboxylic acids is 1. The summed E-state index contributed by atoms with van der Waals surface area (Å²) in [5.41, 5.74) is 0.613. The number of nitrogens with zero attached hydrogens (tertiary/aromatic N) is 3. The molecule has 10 nitrogen and oxygen atoms in total. The van der Waals surface area contributed by atoms with E-state index in [2.05, 4.69) is 15.5 Å². The predicted molar refractivity (Wildman–Crippen MR) is 115 cm³/mol. The summed E-state index contributed by atoms with van der Waals surface area (Å²) in [6.45, 7) is 1.22. The van der Waals surface area contributed by atoms with Crippen molar-refractivity contribution < 1.29 is 27.1 Å². The molecule has 4 heterocycles. The molecular weight excluding hydrogens is 456 g/mol. The molecule has 3 aromatic rings. The van der Waals surface area contributed by atoms with Crippen molar-refractivity contribution in [3.63, 3.8) is 0 Å². The Bertz CT molecular complexity index is 1220. The fraction of sp³-hybridized carbons (Fsp3) is 0.350. The summed E-state index contributed by atoms with van der Waals surface area (Å²) in [4.78, 5) is 13.0. The van der Waals surface area contributed by atoms with Gasteiger partial charge in [-0.15, -0.1) is 16.4 Å². The van der Waals surface area contributed by atoms with Crippen LogP contribution in [0.2, 0.25) is 0 Å². The third-order valence-electron chi connectivity index (χ3n) is 5.26. The molecule has 1 aromatic carbocycles. The standard InChI is InChI=1S/C20H20N4O6S2/c25-18(14-4-1-2-8-24(14)32(26,27)17-5-3-11-31-17)21-20-23-22-19(30-20)13-6-7-15-16(12-13)29-10-9-28-15/h3,5-7,11-12,14H,1-2,4,8-10H2,(H,21,23,25). The van der Waals surface area contributed by atoms with Gasteiger partial charge in [0.05, 0.1) is 0 Å². The van der Waals surface area contributed by atoms with Gasteiger partial charge < -0.3 is 13.9 Å². The average Bonchev–Trinajstić information content (AvgIpc) is 3.52. The normalized spacial score (nSPS) is 18.9. The van der Waals surface area contributed by atoms with Crippen LogP contribution >= 0.6 is 11.3 Å². The molecule has 0 bridgehead atoms. The number of benzene rings is 1. The first-order valence-corrected chi connectivity index (χ1v) is 12.4. The van der Waals surface area contributed by atoms with Gasteiger partial charge in [-0.2, -0.15) is 4.31 Å². The molecule has 0 spiro atoms. The van der Waals surface area contributed by atoms with Crippen molar-refractivity contribution in [3.05, 3.63) is 35.7 Å². The summed E-state index contributed by atoms with van der Waals surface area (Å²) in [5.74, 6) is 0.915. The summed E-state index contributed by atoms with van der Waals surface area (Å²) in [6, 6.07) is 7.50. The summed E-state index contributed by atoms with van der Waals surface area (Å²) in [7, 11) is -3.75. The highest BCUT2D eigenvalue weighted by Crippen LogP contribution is 2.34. The Labute approximate surface area is 188 Å². The van der Waals surface area contributed by atoms with E-state index in [1.807, 2.05) is 0 Å². The molecule has 5 rings (SSSR count). The van der Waals surface area contributed by atoms with Crippen LogP contribution in [0.4, 0.5) is 6.01 Å². The van der Waals surface area contributed by atoms with E-state index in [1.54, 1.807) is 35.7 Å². The van der Waals surface area contributed by atoms with Gasteiger partial charge in [-0.05, 0) is 42.5 Å². The third kappa shape index (κ3) is 3.96. The number of rotatable bonds is 5. The highest BCUT2D eigenvalue weighted by atomic mass is 32.2. The molecule has 12 heteroatoms. The smallest absolute Gasteiger partial charge is 0.322 e. The number of nitrogens with one attached hydrogen (secondary N) is 1. The average molecular weight is 477 g/mol. The first-order chi connectivity index (χ1) is 15.5. The van der Waals surface area contributed by atoms with Crippen molar-refractivity contribution in [2.75, 3.05) is 25.1 Å². The zero-order valence-corrected chi connectivity index (χ0v) is 18.5. The molecule has 1 fully saturated rings. The Morgan fingerprint density at radius 1 is 1.12 bits per heavy atom. The maximum absolute atomic E-state index is 13.0. The van der Waals surface area contributed by atoms with Crippen LogP contribution in [-0.4, -0.2) is 54.6 Å². The van der Waals surface area contributed by atoms with Crippen molar-refractivity contribution in [2.45, 2.75) is 29.5 Å². The number of ether oxygens (including phenoxy) is 2. The monoisotopic (exact) mass is 476 g/mol. The van der Waals surface area contributed by atoms with Gasteiger partial charge in [-0.25, -0.2) is 8.42 Å². The van der Waals surface area contributed by atoms with Crippen LogP contribution in [0, 0.1) is 0 Å². The van der Waals surface area contributed by atoms with Crippen molar-refractivity contribution in [1.82, 2.24) is 14.5 Å². The highest BCUT2D eigenvalue weighted by molar-refractivity contribution is 7.91. The second-order valence-electron chi connectivity index (χ2n) is 7.32. The lowest BCUT2D eigenvalue weighted by Crippen LogP contribution is -2.49. The lowest BCUT2D eigenvalue weighted by atomic mass is 10.0. The van der Waals surface area contributed by atoms with Crippen molar-refractivity contribution >= 4 is 33.3 Å². The van der Waals surface area contributed by atoms with Gasteiger partial charge in [0.25, 0.3) is 10.0 Å². The summed E-state index contributed by atoms with van der Waals surface area (Å²) in [5, 5.41) is 12.1. The number of aromatic nitrogens is 2. The number of carbonyl (C=O) groups is 1. The zero-order chi connectivity index (χ0) is 22.1. The van der Waals surface area contributed by atoms with Crippen LogP contribution in [0.15, 0.2) is 44.3 Å². The molecule has 1 atom stereocenters. The summed E-state index contributed by atoms with van der Waals surface area (Å²) < 4.78 is 44.2. The number of anilines is 1. The first-order valence-electron chi connectivity index (χ1n) is 10.1. The Morgan fingerprint density at radius 2 is 1.97 bits per heavy atom. The lowest BCUT2D eigenvalue weighted by molar-refractivity contribution is -0.120. The molecule has 0 aliphatic carbocycles. The fourth-order valence-electron chi connectivity index (χ4n) is 3.74. The van der Waals surface area contributed by atoms with Crippen molar-refractivity contribution in [3.8, 4) is 23.0 Å². The van der Waals surface area contributed by atoms with E-state index in [0.717, 1.165) is 17.8 Å². The van der Waals surface area contributed by atoms with E-state index in [1.165, 1.54) is 4.31 Å². The molecule has 0 saturated carbocycles. The molecule has 168 valence electrons. The number of amides is 1. The second-order valence-corrected chi connectivity index (χ2v) is 10.4. The number of sulfonamides is 1. The first kappa shape index (κ1) is 20.9. The Morgan fingerprint density at radius 3 is 2.78 bits per heavy atom. The van der Waals surface area contributed by atoms with Crippen LogP contribution in [0.5, 0.6) is 11.5 Å². The molecule has 1 N–H and O–H groups in total. The molecular formula is C20H20N4O6S2. The predicted octanol–water partition coefficient (Wildman–Crippen LogP) is 2.75. The van der Waals surface area contributed by atoms with Gasteiger partial charge in [-0.1, -0.05) is 17.6 Å². The highest BCUT2D eigenvalue weighted by Gasteiger charge is 2.38. The van der Waals surface area contributed by atoms with Crippen LogP contribution in [-0.2, 0) is 14.8 Å². The molecule has 1 amide bonds. The topological polar surface area (TPSA) is 124 Å². The van der Waals surface area contributed by atoms with Crippen LogP contribution in [0.1, 0.15) is 19.3 Å². The largest absolute Gasteiger partial charge is 0.486 e. The number of thiophene rings is 1. The van der Waals surface area contributed by atoms with E-state index in [-0.39, 0.29) is 22.7 Å². The van der Waals surface area contributed by atoms with Gasteiger partial charge >= 0.3 is 6.01 Å². The summed E-state index contributed by atoms with van der Waals surface area (Å²) >= 11 is 1.13. The lowest BCUT2D eigenvalue weighted by Gasteiger charge is -2.32. The molecule has 2 aliphatic rings. The summed E-state index contributed by atoms with van der Waals surface area (Å²) in [6.07, 6.45) is 1.86. The van der Waals surface area contributed by atoms with Gasteiger partial charge in [0.15, 0.2) is 11.5 Å². The van der Waals surface area contributed by atoms with E-state index < -0.39 is 22.0 Å². The maximum atomic E-state index is 13.0. The molecule has 2 aromatic heterocycles. The number of piperidine rings is 1. The van der Waals surface area contributed by atoms with Gasteiger partial charge in [0, 0.05) is 12.1 Å². The molecule has 32 heavy (non-hydrogen) atoms. The Balaban J connectivity index is 1.33. The van der Waals surface area contributed by atoms with Gasteiger partial charge in [-0.3, -0.25) is 10.1 Å². The van der Waals surface area contributed by atoms with Crippen LogP contribution in [0.3, 0.4) is 0 Å².